The van der Waals surface area contributed by atoms with Gasteiger partial charge in [0.2, 0.25) is 0 Å². The molecule has 30 heavy (non-hydrogen) atoms. The van der Waals surface area contributed by atoms with Crippen molar-refractivity contribution in [3.05, 3.63) is 63.3 Å². The molecule has 0 bridgehead atoms. The molecule has 3 aromatic rings. The molecule has 1 saturated carbocycles. The SMILES string of the molecule is Cc1ccc(-c2cc(=O)c3cccc(Cl)c3o2)c(OCCNC2CC(C(=O)O)C2)c1. The average molecular weight is 428 g/mol. The maximum absolute atomic E-state index is 12.5. The third kappa shape index (κ3) is 4.20. The van der Waals surface area contributed by atoms with Crippen molar-refractivity contribution in [2.45, 2.75) is 25.8 Å². The standard InChI is InChI=1S/C23H22ClNO5/c1-13-5-6-17(21-12-19(26)16-3-2-4-18(24)22(16)30-21)20(9-13)29-8-7-25-15-10-14(11-15)23(27)28/h2-6,9,12,14-15,25H,7-8,10-11H2,1H3,(H,27,28). The van der Waals surface area contributed by atoms with Gasteiger partial charge in [-0.05, 0) is 49.6 Å². The fourth-order valence-corrected chi connectivity index (χ4v) is 3.85. The van der Waals surface area contributed by atoms with Crippen LogP contribution in [0.1, 0.15) is 18.4 Å². The van der Waals surface area contributed by atoms with Crippen LogP contribution in [0.5, 0.6) is 5.75 Å². The van der Waals surface area contributed by atoms with Crippen molar-refractivity contribution in [1.29, 1.82) is 0 Å². The Balaban J connectivity index is 1.50. The minimum absolute atomic E-state index is 0.167. The Morgan fingerprint density at radius 2 is 2.07 bits per heavy atom. The molecule has 156 valence electrons. The summed E-state index contributed by atoms with van der Waals surface area (Å²) in [6, 6.07) is 12.4. The zero-order chi connectivity index (χ0) is 21.3. The van der Waals surface area contributed by atoms with Gasteiger partial charge < -0.3 is 19.6 Å². The van der Waals surface area contributed by atoms with Gasteiger partial charge in [-0.25, -0.2) is 0 Å². The minimum Gasteiger partial charge on any atom is -0.491 e. The number of fused-ring (bicyclic) bond motifs is 1. The van der Waals surface area contributed by atoms with Crippen LogP contribution in [0.3, 0.4) is 0 Å². The van der Waals surface area contributed by atoms with Crippen LogP contribution in [-0.2, 0) is 4.79 Å². The monoisotopic (exact) mass is 427 g/mol. The predicted octanol–water partition coefficient (Wildman–Crippen LogP) is 4.25. The largest absolute Gasteiger partial charge is 0.491 e. The topological polar surface area (TPSA) is 88.8 Å². The van der Waals surface area contributed by atoms with Gasteiger partial charge in [0.15, 0.2) is 11.0 Å². The summed E-state index contributed by atoms with van der Waals surface area (Å²) >= 11 is 6.23. The van der Waals surface area contributed by atoms with E-state index in [-0.39, 0.29) is 17.4 Å². The second-order valence-corrected chi connectivity index (χ2v) is 8.00. The lowest BCUT2D eigenvalue weighted by atomic mass is 9.80. The van der Waals surface area contributed by atoms with E-state index < -0.39 is 5.97 Å². The number of rotatable bonds is 7. The highest BCUT2D eigenvalue weighted by Crippen LogP contribution is 2.33. The molecule has 0 amide bonds. The van der Waals surface area contributed by atoms with Crippen molar-refractivity contribution in [1.82, 2.24) is 5.32 Å². The maximum Gasteiger partial charge on any atom is 0.306 e. The molecule has 7 heteroatoms. The van der Waals surface area contributed by atoms with Gasteiger partial charge in [-0.15, -0.1) is 0 Å². The van der Waals surface area contributed by atoms with Gasteiger partial charge in [-0.2, -0.15) is 0 Å². The third-order valence-electron chi connectivity index (χ3n) is 5.39. The van der Waals surface area contributed by atoms with E-state index in [1.54, 1.807) is 18.2 Å². The summed E-state index contributed by atoms with van der Waals surface area (Å²) < 4.78 is 11.9. The van der Waals surface area contributed by atoms with Crippen molar-refractivity contribution in [3.63, 3.8) is 0 Å². The highest BCUT2D eigenvalue weighted by atomic mass is 35.5. The first-order chi connectivity index (χ1) is 14.4. The molecule has 0 aliphatic heterocycles. The summed E-state index contributed by atoms with van der Waals surface area (Å²) in [5.41, 5.74) is 1.88. The number of aliphatic carboxylic acids is 1. The van der Waals surface area contributed by atoms with Crippen molar-refractivity contribution in [2.24, 2.45) is 5.92 Å². The highest BCUT2D eigenvalue weighted by Gasteiger charge is 2.33. The highest BCUT2D eigenvalue weighted by molar-refractivity contribution is 6.34. The lowest BCUT2D eigenvalue weighted by Crippen LogP contribution is -2.45. The smallest absolute Gasteiger partial charge is 0.306 e. The Morgan fingerprint density at radius 1 is 1.27 bits per heavy atom. The van der Waals surface area contributed by atoms with E-state index in [9.17, 15) is 9.59 Å². The summed E-state index contributed by atoms with van der Waals surface area (Å²) in [7, 11) is 0. The molecule has 0 atom stereocenters. The molecule has 1 heterocycles. The summed E-state index contributed by atoms with van der Waals surface area (Å²) in [5.74, 6) is 0.0373. The predicted molar refractivity (Wildman–Crippen MR) is 115 cm³/mol. The molecule has 0 saturated heterocycles. The van der Waals surface area contributed by atoms with Crippen LogP contribution in [0.15, 0.2) is 51.7 Å². The number of carboxylic acids is 1. The molecule has 4 rings (SSSR count). The van der Waals surface area contributed by atoms with E-state index in [0.29, 0.717) is 59.1 Å². The van der Waals surface area contributed by atoms with Crippen LogP contribution >= 0.6 is 11.6 Å². The summed E-state index contributed by atoms with van der Waals surface area (Å²) in [5, 5.41) is 13.1. The molecule has 0 radical (unpaired) electrons. The number of nitrogens with one attached hydrogen (secondary N) is 1. The Hall–Kier alpha value is -2.83. The van der Waals surface area contributed by atoms with Gasteiger partial charge in [0, 0.05) is 18.7 Å². The molecule has 1 aliphatic rings. The summed E-state index contributed by atoms with van der Waals surface area (Å²) in [4.78, 5) is 23.4. The third-order valence-corrected chi connectivity index (χ3v) is 5.69. The van der Waals surface area contributed by atoms with E-state index in [1.165, 1.54) is 6.07 Å². The molecule has 2 aromatic carbocycles. The molecule has 0 unspecified atom stereocenters. The number of carboxylic acid groups (broad SMARTS) is 1. The van der Waals surface area contributed by atoms with Crippen LogP contribution in [0, 0.1) is 12.8 Å². The van der Waals surface area contributed by atoms with Crippen molar-refractivity contribution in [3.8, 4) is 17.1 Å². The first-order valence-corrected chi connectivity index (χ1v) is 10.2. The van der Waals surface area contributed by atoms with Crippen molar-refractivity contribution in [2.75, 3.05) is 13.2 Å². The van der Waals surface area contributed by atoms with Gasteiger partial charge in [-0.3, -0.25) is 9.59 Å². The molecule has 0 spiro atoms. The van der Waals surface area contributed by atoms with Crippen LogP contribution in [0.25, 0.3) is 22.3 Å². The Kier molecular flexibility index (Phi) is 5.79. The number of carbonyl (C=O) groups is 1. The Labute approximate surface area is 178 Å². The number of benzene rings is 2. The molecular formula is C23H22ClNO5. The first kappa shape index (κ1) is 20.4. The minimum atomic E-state index is -0.731. The van der Waals surface area contributed by atoms with E-state index in [2.05, 4.69) is 5.32 Å². The molecule has 1 fully saturated rings. The second kappa shape index (κ2) is 8.50. The quantitative estimate of drug-likeness (QED) is 0.548. The molecule has 1 aliphatic carbocycles. The van der Waals surface area contributed by atoms with Crippen LogP contribution in [-0.4, -0.2) is 30.3 Å². The summed E-state index contributed by atoms with van der Waals surface area (Å²) in [6.45, 7) is 2.96. The lowest BCUT2D eigenvalue weighted by molar-refractivity contribution is -0.145. The fraction of sp³-hybridized carbons (Fsp3) is 0.304. The Morgan fingerprint density at radius 3 is 2.83 bits per heavy atom. The van der Waals surface area contributed by atoms with Gasteiger partial charge in [0.1, 0.15) is 18.1 Å². The van der Waals surface area contributed by atoms with Crippen molar-refractivity contribution >= 4 is 28.5 Å². The molecule has 6 nitrogen and oxygen atoms in total. The van der Waals surface area contributed by atoms with E-state index in [4.69, 9.17) is 25.9 Å². The van der Waals surface area contributed by atoms with Gasteiger partial charge in [0.05, 0.1) is 21.9 Å². The number of halogens is 1. The van der Waals surface area contributed by atoms with Crippen LogP contribution in [0.4, 0.5) is 0 Å². The second-order valence-electron chi connectivity index (χ2n) is 7.60. The number of ether oxygens (including phenoxy) is 1. The summed E-state index contributed by atoms with van der Waals surface area (Å²) in [6.07, 6.45) is 1.29. The molecule has 1 aromatic heterocycles. The normalized spacial score (nSPS) is 18.2. The first-order valence-electron chi connectivity index (χ1n) is 9.85. The Bertz CT molecular complexity index is 1150. The van der Waals surface area contributed by atoms with E-state index in [0.717, 1.165) is 5.56 Å². The number of para-hydroxylation sites is 1. The maximum atomic E-state index is 12.5. The fourth-order valence-electron chi connectivity index (χ4n) is 3.64. The zero-order valence-corrected chi connectivity index (χ0v) is 17.2. The molecular weight excluding hydrogens is 406 g/mol. The number of hydrogen-bond donors (Lipinski definition) is 2. The van der Waals surface area contributed by atoms with Gasteiger partial charge in [0.25, 0.3) is 0 Å². The lowest BCUT2D eigenvalue weighted by Gasteiger charge is -2.33. The zero-order valence-electron chi connectivity index (χ0n) is 16.5. The van der Waals surface area contributed by atoms with Crippen LogP contribution < -0.4 is 15.5 Å². The van der Waals surface area contributed by atoms with E-state index in [1.807, 2.05) is 25.1 Å². The van der Waals surface area contributed by atoms with Crippen LogP contribution in [0.2, 0.25) is 5.02 Å². The number of aryl methyl sites for hydroxylation is 1. The average Bonchev–Trinajstić information content (AvgIpc) is 2.67. The van der Waals surface area contributed by atoms with E-state index >= 15 is 0 Å². The van der Waals surface area contributed by atoms with Gasteiger partial charge >= 0.3 is 5.97 Å². The number of hydrogen-bond acceptors (Lipinski definition) is 5. The van der Waals surface area contributed by atoms with Gasteiger partial charge in [-0.1, -0.05) is 23.7 Å². The molecule has 2 N–H and O–H groups in total. The van der Waals surface area contributed by atoms with Crippen molar-refractivity contribution < 1.29 is 19.1 Å².